The number of amides is 2. The van der Waals surface area contributed by atoms with Gasteiger partial charge in [0.25, 0.3) is 5.91 Å². The van der Waals surface area contributed by atoms with E-state index >= 15 is 0 Å². The van der Waals surface area contributed by atoms with Crippen LogP contribution in [0.5, 0.6) is 0 Å². The number of ether oxygens (including phenoxy) is 5. The number of imidazole rings is 1. The Hall–Kier alpha value is -6.99. The molecule has 0 fully saturated rings. The molecule has 2 heterocycles. The molecule has 6 rings (SSSR count). The molecule has 390 valence electrons. The van der Waals surface area contributed by atoms with Crippen molar-refractivity contribution in [3.8, 4) is 11.1 Å². The van der Waals surface area contributed by atoms with Crippen LogP contribution in [0.2, 0.25) is 0 Å². The van der Waals surface area contributed by atoms with Crippen molar-refractivity contribution >= 4 is 54.9 Å². The number of methoxy groups -OCH3 is 1. The van der Waals surface area contributed by atoms with E-state index in [9.17, 15) is 36.0 Å². The lowest BCUT2D eigenvalue weighted by atomic mass is 10.1. The normalized spacial score (nSPS) is 12.0. The van der Waals surface area contributed by atoms with E-state index in [0.717, 1.165) is 18.2 Å². The average Bonchev–Trinajstić information content (AvgIpc) is 3.82. The lowest BCUT2D eigenvalue weighted by Crippen LogP contribution is -2.49. The predicted molar refractivity (Wildman–Crippen MR) is 272 cm³/mol. The molecule has 0 unspecified atom stereocenters. The van der Waals surface area contributed by atoms with Crippen molar-refractivity contribution in [2.24, 2.45) is 14.1 Å². The summed E-state index contributed by atoms with van der Waals surface area (Å²) in [5.41, 5.74) is 2.80. The monoisotopic (exact) mass is 1040 g/mol. The first-order valence-electron chi connectivity index (χ1n) is 23.2. The third-order valence-corrected chi connectivity index (χ3v) is 14.1. The van der Waals surface area contributed by atoms with Gasteiger partial charge in [0.1, 0.15) is 18.2 Å². The van der Waals surface area contributed by atoms with E-state index < -0.39 is 56.0 Å². The summed E-state index contributed by atoms with van der Waals surface area (Å²) >= 11 is 0. The molecule has 23 heteroatoms. The summed E-state index contributed by atoms with van der Waals surface area (Å²) in [6.07, 6.45) is 5.42. The molecule has 0 radical (unpaired) electrons. The lowest BCUT2D eigenvalue weighted by Gasteiger charge is -2.18. The molecule has 0 saturated heterocycles. The van der Waals surface area contributed by atoms with Crippen molar-refractivity contribution in [3.63, 3.8) is 0 Å². The maximum Gasteiger partial charge on any atom is 0.407 e. The fraction of sp³-hybridized carbons (Fsp3) is 0.340. The van der Waals surface area contributed by atoms with E-state index in [4.69, 9.17) is 23.7 Å². The number of anilines is 1. The van der Waals surface area contributed by atoms with Crippen LogP contribution in [0.3, 0.4) is 0 Å². The first-order valence-corrected chi connectivity index (χ1v) is 26.2. The third kappa shape index (κ3) is 16.5. The second-order valence-corrected chi connectivity index (χ2v) is 19.9. The topological polar surface area (TPSA) is 266 Å². The highest BCUT2D eigenvalue weighted by molar-refractivity contribution is 7.89. The molecule has 73 heavy (non-hydrogen) atoms. The van der Waals surface area contributed by atoms with Gasteiger partial charge in [0.15, 0.2) is 0 Å². The molecular formula is C50H60N8O13S2. The number of aromatic nitrogens is 3. The van der Waals surface area contributed by atoms with E-state index in [1.807, 2.05) is 54.2 Å². The van der Waals surface area contributed by atoms with Crippen molar-refractivity contribution in [2.75, 3.05) is 71.7 Å². The summed E-state index contributed by atoms with van der Waals surface area (Å²) in [4.78, 5) is 55.4. The van der Waals surface area contributed by atoms with Crippen LogP contribution in [0.25, 0.3) is 22.0 Å². The number of nitrogens with one attached hydrogen (secondary N) is 5. The van der Waals surface area contributed by atoms with Crippen LogP contribution in [0.15, 0.2) is 130 Å². The smallest absolute Gasteiger partial charge is 0.407 e. The number of carbonyl (C=O) groups is 3. The molecule has 6 aromatic rings. The van der Waals surface area contributed by atoms with Crippen molar-refractivity contribution in [1.29, 1.82) is 0 Å². The minimum atomic E-state index is -4.35. The van der Waals surface area contributed by atoms with Crippen molar-refractivity contribution in [3.05, 3.63) is 143 Å². The minimum Gasteiger partial charge on any atom is -0.468 e. The summed E-state index contributed by atoms with van der Waals surface area (Å²) in [5.74, 6) is -1.12. The number of rotatable bonds is 29. The van der Waals surface area contributed by atoms with Crippen molar-refractivity contribution in [2.45, 2.75) is 41.8 Å². The van der Waals surface area contributed by atoms with Crippen LogP contribution in [0.4, 0.5) is 10.7 Å². The zero-order valence-corrected chi connectivity index (χ0v) is 42.3. The molecule has 0 aliphatic rings. The number of pyridine rings is 1. The van der Waals surface area contributed by atoms with Gasteiger partial charge in [-0.1, -0.05) is 60.7 Å². The number of carbonyl (C=O) groups excluding carboxylic acids is 3. The van der Waals surface area contributed by atoms with E-state index in [2.05, 4.69) is 30.4 Å². The van der Waals surface area contributed by atoms with Crippen LogP contribution < -0.4 is 30.8 Å². The van der Waals surface area contributed by atoms with E-state index in [1.165, 1.54) is 42.6 Å². The van der Waals surface area contributed by atoms with Gasteiger partial charge < -0.3 is 48.8 Å². The van der Waals surface area contributed by atoms with Crippen LogP contribution in [-0.4, -0.2) is 121 Å². The number of fused-ring (bicyclic) bond motifs is 1. The van der Waals surface area contributed by atoms with E-state index in [0.29, 0.717) is 88.2 Å². The molecule has 0 saturated carbocycles. The van der Waals surface area contributed by atoms with E-state index in [-0.39, 0.29) is 33.9 Å². The number of hydrogen-bond donors (Lipinski definition) is 5. The largest absolute Gasteiger partial charge is 0.468 e. The molecule has 2 aromatic heterocycles. The van der Waals surface area contributed by atoms with Crippen LogP contribution in [0.1, 0.15) is 34.3 Å². The fourth-order valence-electron chi connectivity index (χ4n) is 7.18. The van der Waals surface area contributed by atoms with Crippen LogP contribution >= 0.6 is 0 Å². The van der Waals surface area contributed by atoms with Gasteiger partial charge in [0.2, 0.25) is 31.4 Å². The Morgan fingerprint density at radius 3 is 1.93 bits per heavy atom. The number of nitrogens with zero attached hydrogens (tertiary/aromatic N) is 3. The zero-order valence-electron chi connectivity index (χ0n) is 40.7. The maximum absolute atomic E-state index is 13.5. The molecule has 0 aliphatic heterocycles. The summed E-state index contributed by atoms with van der Waals surface area (Å²) < 4.78 is 87.7. The van der Waals surface area contributed by atoms with Crippen LogP contribution in [-0.2, 0) is 75.8 Å². The molecule has 0 spiro atoms. The van der Waals surface area contributed by atoms with Gasteiger partial charge in [-0.2, -0.15) is 4.72 Å². The Balaban J connectivity index is 0.879. The summed E-state index contributed by atoms with van der Waals surface area (Å²) in [6.45, 7) is 2.87. The number of hydrogen-bond acceptors (Lipinski definition) is 15. The Kier molecular flexibility index (Phi) is 20.6. The molecular weight excluding hydrogens is 985 g/mol. The summed E-state index contributed by atoms with van der Waals surface area (Å²) in [7, 11) is -3.57. The third-order valence-electron chi connectivity index (χ3n) is 11.1. The molecule has 4 aromatic carbocycles. The Morgan fingerprint density at radius 2 is 1.32 bits per heavy atom. The number of aryl methyl sites for hydroxylation is 2. The molecule has 21 nitrogen and oxygen atoms in total. The Labute approximate surface area is 423 Å². The van der Waals surface area contributed by atoms with Crippen LogP contribution in [0, 0.1) is 0 Å². The van der Waals surface area contributed by atoms with Gasteiger partial charge >= 0.3 is 12.1 Å². The van der Waals surface area contributed by atoms with Crippen molar-refractivity contribution in [1.82, 2.24) is 34.2 Å². The standard InChI is InChI=1S/C50H60N8O13S2/c1-57-24-23-51-49(57)54-32-37-11-20-42-45(31-37)58(2)34-43(46(42)59)47(60)53-33-44(48(61)67-3)56-73(65,66)41-18-14-39(15-19-41)38-12-16-40(17-13-38)72(63,64)55-22-8-26-69-28-30-70-29-27-68-25-7-21-52-50(62)71-35-36-9-5-4-6-10-36/h4-6,9-20,23-24,31,34,44,55-56H,7-8,21-22,25-30,32-33,35H2,1-3H3,(H,51,54)(H,52,62)(H,53,60)/t44-/m0/s1. The highest BCUT2D eigenvalue weighted by Crippen LogP contribution is 2.24. The predicted octanol–water partition coefficient (Wildman–Crippen LogP) is 3.84. The van der Waals surface area contributed by atoms with Gasteiger partial charge in [-0.15, -0.1) is 0 Å². The van der Waals surface area contributed by atoms with Crippen molar-refractivity contribution < 1.29 is 54.9 Å². The van der Waals surface area contributed by atoms with Gasteiger partial charge in [0, 0.05) is 77.5 Å². The summed E-state index contributed by atoms with van der Waals surface area (Å²) in [6, 6.07) is 24.8. The zero-order chi connectivity index (χ0) is 52.2. The summed E-state index contributed by atoms with van der Waals surface area (Å²) in [5, 5.41) is 8.68. The first-order chi connectivity index (χ1) is 35.1. The highest BCUT2D eigenvalue weighted by atomic mass is 32.2. The fourth-order valence-corrected chi connectivity index (χ4v) is 9.43. The number of esters is 1. The maximum atomic E-state index is 13.5. The van der Waals surface area contributed by atoms with Gasteiger partial charge in [-0.3, -0.25) is 14.4 Å². The second-order valence-electron chi connectivity index (χ2n) is 16.4. The highest BCUT2D eigenvalue weighted by Gasteiger charge is 2.28. The molecule has 2 amide bonds. The van der Waals surface area contributed by atoms with Gasteiger partial charge in [-0.25, -0.2) is 31.3 Å². The number of sulfonamides is 2. The number of benzene rings is 4. The minimum absolute atomic E-state index is 0.0373. The van der Waals surface area contributed by atoms with Gasteiger partial charge in [0.05, 0.1) is 48.8 Å². The molecule has 0 aliphatic carbocycles. The lowest BCUT2D eigenvalue weighted by molar-refractivity contribution is -0.142. The number of alkyl carbamates (subject to hydrolysis) is 1. The molecule has 1 atom stereocenters. The average molecular weight is 1050 g/mol. The quantitative estimate of drug-likeness (QED) is 0.0330. The van der Waals surface area contributed by atoms with Gasteiger partial charge in [-0.05, 0) is 71.5 Å². The first kappa shape index (κ1) is 55.3. The van der Waals surface area contributed by atoms with E-state index in [1.54, 1.807) is 42.1 Å². The Bertz CT molecular complexity index is 3060. The SMILES string of the molecule is COC(=O)[C@H](CNC(=O)c1cn(C)c2cc(CNc3nccn3C)ccc2c1=O)NS(=O)(=O)c1ccc(-c2ccc(S(=O)(=O)NCCCOCCOCCOCCCNC(=O)OCc3ccccc3)cc2)cc1. The second kappa shape index (κ2) is 27.2. The molecule has 5 N–H and O–H groups in total. The molecule has 0 bridgehead atoms. The Morgan fingerprint density at radius 1 is 0.699 bits per heavy atom.